The number of hydrogen-bond acceptors (Lipinski definition) is 5. The van der Waals surface area contributed by atoms with E-state index >= 15 is 0 Å². The molecule has 1 fully saturated rings. The van der Waals surface area contributed by atoms with E-state index in [1.807, 2.05) is 41.8 Å². The first kappa shape index (κ1) is 18.5. The number of rotatable bonds is 5. The molecule has 0 atom stereocenters. The molecule has 1 aromatic heterocycles. The van der Waals surface area contributed by atoms with Crippen LogP contribution in [0.4, 0.5) is 5.69 Å². The Balaban J connectivity index is 1.43. The lowest BCUT2D eigenvalue weighted by Crippen LogP contribution is -2.49. The van der Waals surface area contributed by atoms with E-state index in [1.165, 1.54) is 17.4 Å². The highest BCUT2D eigenvalue weighted by Gasteiger charge is 2.22. The highest BCUT2D eigenvalue weighted by atomic mass is 35.5. The fourth-order valence-electron chi connectivity index (χ4n) is 2.70. The van der Waals surface area contributed by atoms with E-state index in [9.17, 15) is 9.59 Å². The predicted octanol–water partition coefficient (Wildman–Crippen LogP) is 3.31. The van der Waals surface area contributed by atoms with Crippen LogP contribution in [0.1, 0.15) is 4.88 Å². The summed E-state index contributed by atoms with van der Waals surface area (Å²) in [5.74, 6) is -0.682. The van der Waals surface area contributed by atoms with Gasteiger partial charge in [-0.1, -0.05) is 23.7 Å². The van der Waals surface area contributed by atoms with Gasteiger partial charge in [0.2, 0.25) is 0 Å². The van der Waals surface area contributed by atoms with Crippen molar-refractivity contribution in [1.29, 1.82) is 0 Å². The van der Waals surface area contributed by atoms with Crippen molar-refractivity contribution in [1.82, 2.24) is 4.90 Å². The van der Waals surface area contributed by atoms with Gasteiger partial charge in [0.05, 0.1) is 0 Å². The Morgan fingerprint density at radius 3 is 2.65 bits per heavy atom. The number of esters is 1. The molecule has 1 aliphatic heterocycles. The normalized spacial score (nSPS) is 14.7. The fraction of sp³-hybridized carbons (Fsp3) is 0.263. The maximum atomic E-state index is 12.2. The fourth-order valence-corrected chi connectivity index (χ4v) is 3.50. The van der Waals surface area contributed by atoms with Crippen LogP contribution in [0.5, 0.6) is 0 Å². The predicted molar refractivity (Wildman–Crippen MR) is 105 cm³/mol. The Kier molecular flexibility index (Phi) is 6.30. The minimum Gasteiger partial charge on any atom is -0.452 e. The van der Waals surface area contributed by atoms with Crippen molar-refractivity contribution in [2.75, 3.05) is 37.7 Å². The van der Waals surface area contributed by atoms with Crippen LogP contribution in [-0.2, 0) is 14.3 Å². The van der Waals surface area contributed by atoms with Crippen LogP contribution in [0.25, 0.3) is 6.08 Å². The molecule has 1 amide bonds. The molecule has 2 heterocycles. The third-order valence-electron chi connectivity index (χ3n) is 4.07. The van der Waals surface area contributed by atoms with E-state index in [4.69, 9.17) is 16.3 Å². The summed E-state index contributed by atoms with van der Waals surface area (Å²) in [6.07, 6.45) is 3.03. The van der Waals surface area contributed by atoms with Crippen molar-refractivity contribution in [3.63, 3.8) is 0 Å². The van der Waals surface area contributed by atoms with E-state index in [0.29, 0.717) is 18.1 Å². The second-order valence-corrected chi connectivity index (χ2v) is 7.22. The summed E-state index contributed by atoms with van der Waals surface area (Å²) in [6, 6.07) is 11.5. The number of benzene rings is 1. The van der Waals surface area contributed by atoms with Crippen LogP contribution < -0.4 is 4.90 Å². The first-order valence-corrected chi connectivity index (χ1v) is 9.54. The summed E-state index contributed by atoms with van der Waals surface area (Å²) in [6.45, 7) is 2.39. The van der Waals surface area contributed by atoms with Crippen LogP contribution >= 0.6 is 22.9 Å². The molecule has 0 bridgehead atoms. The second kappa shape index (κ2) is 8.87. The summed E-state index contributed by atoms with van der Waals surface area (Å²) in [7, 11) is 0. The third kappa shape index (κ3) is 5.09. The standard InChI is InChI=1S/C19H19ClN2O3S/c20-15-3-1-4-16(13-15)21-8-10-22(11-9-21)18(23)14-25-19(24)7-6-17-5-2-12-26-17/h1-7,12-13H,8-11,14H2/b7-6+. The zero-order chi connectivity index (χ0) is 18.4. The number of amides is 1. The van der Waals surface area contributed by atoms with Gasteiger partial charge in [0, 0.05) is 47.8 Å². The SMILES string of the molecule is O=C(/C=C/c1cccs1)OCC(=O)N1CCN(c2cccc(Cl)c2)CC1. The Bertz CT molecular complexity index is 784. The summed E-state index contributed by atoms with van der Waals surface area (Å²) in [4.78, 5) is 28.8. The summed E-state index contributed by atoms with van der Waals surface area (Å²) >= 11 is 7.56. The van der Waals surface area contributed by atoms with Crippen LogP contribution in [0, 0.1) is 0 Å². The first-order valence-electron chi connectivity index (χ1n) is 8.28. The minimum absolute atomic E-state index is 0.173. The second-order valence-electron chi connectivity index (χ2n) is 5.80. The maximum absolute atomic E-state index is 12.2. The lowest BCUT2D eigenvalue weighted by molar-refractivity contribution is -0.148. The molecule has 1 aromatic carbocycles. The number of piperazine rings is 1. The van der Waals surface area contributed by atoms with Crippen LogP contribution in [0.3, 0.4) is 0 Å². The maximum Gasteiger partial charge on any atom is 0.331 e. The molecule has 2 aromatic rings. The van der Waals surface area contributed by atoms with Gasteiger partial charge in [-0.05, 0) is 35.7 Å². The van der Waals surface area contributed by atoms with Crippen LogP contribution in [0.2, 0.25) is 5.02 Å². The Labute approximate surface area is 161 Å². The van der Waals surface area contributed by atoms with Gasteiger partial charge in [0.1, 0.15) is 0 Å². The van der Waals surface area contributed by atoms with Crippen LogP contribution in [-0.4, -0.2) is 49.6 Å². The summed E-state index contributed by atoms with van der Waals surface area (Å²) in [5, 5.41) is 2.63. The van der Waals surface area contributed by atoms with Crippen molar-refractivity contribution in [2.24, 2.45) is 0 Å². The van der Waals surface area contributed by atoms with Gasteiger partial charge in [0.25, 0.3) is 5.91 Å². The molecular weight excluding hydrogens is 372 g/mol. The number of carbonyl (C=O) groups excluding carboxylic acids is 2. The average Bonchev–Trinajstić information content (AvgIpc) is 3.18. The van der Waals surface area contributed by atoms with Gasteiger partial charge in [0.15, 0.2) is 6.61 Å². The first-order chi connectivity index (χ1) is 12.6. The van der Waals surface area contributed by atoms with Gasteiger partial charge >= 0.3 is 5.97 Å². The van der Waals surface area contributed by atoms with E-state index < -0.39 is 5.97 Å². The highest BCUT2D eigenvalue weighted by Crippen LogP contribution is 2.20. The number of halogens is 1. The number of carbonyl (C=O) groups is 2. The highest BCUT2D eigenvalue weighted by molar-refractivity contribution is 7.10. The molecule has 0 N–H and O–H groups in total. The van der Waals surface area contributed by atoms with E-state index in [2.05, 4.69) is 4.90 Å². The number of anilines is 1. The van der Waals surface area contributed by atoms with Crippen molar-refractivity contribution >= 4 is 46.6 Å². The van der Waals surface area contributed by atoms with Gasteiger partial charge in [-0.15, -0.1) is 11.3 Å². The molecule has 0 aliphatic carbocycles. The molecule has 136 valence electrons. The van der Waals surface area contributed by atoms with Crippen molar-refractivity contribution < 1.29 is 14.3 Å². The molecular formula is C19H19ClN2O3S. The van der Waals surface area contributed by atoms with Gasteiger partial charge in [-0.2, -0.15) is 0 Å². The number of nitrogens with zero attached hydrogens (tertiary/aromatic N) is 2. The van der Waals surface area contributed by atoms with Crippen LogP contribution in [0.15, 0.2) is 47.9 Å². The number of thiophene rings is 1. The molecule has 0 radical (unpaired) electrons. The Morgan fingerprint density at radius 1 is 1.15 bits per heavy atom. The smallest absolute Gasteiger partial charge is 0.331 e. The number of ether oxygens (including phenoxy) is 1. The Morgan fingerprint density at radius 2 is 1.96 bits per heavy atom. The molecule has 26 heavy (non-hydrogen) atoms. The largest absolute Gasteiger partial charge is 0.452 e. The van der Waals surface area contributed by atoms with Crippen molar-refractivity contribution in [2.45, 2.75) is 0 Å². The average molecular weight is 391 g/mol. The Hall–Kier alpha value is -2.31. The zero-order valence-corrected chi connectivity index (χ0v) is 15.7. The van der Waals surface area contributed by atoms with E-state index in [1.54, 1.807) is 11.0 Å². The van der Waals surface area contributed by atoms with Crippen molar-refractivity contribution in [3.8, 4) is 0 Å². The van der Waals surface area contributed by atoms with E-state index in [0.717, 1.165) is 23.7 Å². The molecule has 1 aliphatic rings. The molecule has 3 rings (SSSR count). The monoisotopic (exact) mass is 390 g/mol. The summed E-state index contributed by atoms with van der Waals surface area (Å²) < 4.78 is 5.04. The zero-order valence-electron chi connectivity index (χ0n) is 14.1. The number of hydrogen-bond donors (Lipinski definition) is 0. The molecule has 5 nitrogen and oxygen atoms in total. The molecule has 7 heteroatoms. The van der Waals surface area contributed by atoms with Crippen molar-refractivity contribution in [3.05, 3.63) is 57.8 Å². The van der Waals surface area contributed by atoms with E-state index in [-0.39, 0.29) is 12.5 Å². The molecule has 1 saturated heterocycles. The minimum atomic E-state index is -0.510. The van der Waals surface area contributed by atoms with Gasteiger partial charge in [-0.25, -0.2) is 4.79 Å². The molecule has 0 spiro atoms. The lowest BCUT2D eigenvalue weighted by atomic mass is 10.2. The topological polar surface area (TPSA) is 49.9 Å². The quantitative estimate of drug-likeness (QED) is 0.580. The van der Waals surface area contributed by atoms with Gasteiger partial charge < -0.3 is 14.5 Å². The third-order valence-corrected chi connectivity index (χ3v) is 5.14. The summed E-state index contributed by atoms with van der Waals surface area (Å²) in [5.41, 5.74) is 1.05. The van der Waals surface area contributed by atoms with Gasteiger partial charge in [-0.3, -0.25) is 4.79 Å². The molecule has 0 unspecified atom stereocenters. The molecule has 0 saturated carbocycles. The lowest BCUT2D eigenvalue weighted by Gasteiger charge is -2.36.